The molecule has 0 radical (unpaired) electrons. The number of aliphatic hydroxyl groups is 1. The van der Waals surface area contributed by atoms with Crippen molar-refractivity contribution in [1.29, 1.82) is 0 Å². The van der Waals surface area contributed by atoms with Gasteiger partial charge in [0.2, 0.25) is 0 Å². The van der Waals surface area contributed by atoms with Crippen molar-refractivity contribution in [2.45, 2.75) is 12.5 Å². The number of aromatic nitrogens is 1. The zero-order valence-corrected chi connectivity index (χ0v) is 16.8. The van der Waals surface area contributed by atoms with Gasteiger partial charge in [-0.1, -0.05) is 17.7 Å². The number of rotatable bonds is 7. The second-order valence-electron chi connectivity index (χ2n) is 6.44. The average Bonchev–Trinajstić information content (AvgIpc) is 2.99. The molecule has 152 valence electrons. The minimum absolute atomic E-state index is 0.0494. The number of carbonyl (C=O) groups excluding carboxylic acids is 2. The Balaban J connectivity index is 2.16. The number of pyridine rings is 1. The Morgan fingerprint density at radius 3 is 2.69 bits per heavy atom. The van der Waals surface area contributed by atoms with E-state index in [-0.39, 0.29) is 23.4 Å². The van der Waals surface area contributed by atoms with Gasteiger partial charge < -0.3 is 19.5 Å². The summed E-state index contributed by atoms with van der Waals surface area (Å²) in [5.74, 6) is -1.50. The molecule has 1 aromatic heterocycles. The van der Waals surface area contributed by atoms with Gasteiger partial charge in [0.15, 0.2) is 0 Å². The van der Waals surface area contributed by atoms with Crippen molar-refractivity contribution in [2.24, 2.45) is 0 Å². The van der Waals surface area contributed by atoms with Gasteiger partial charge in [0.25, 0.3) is 11.7 Å². The van der Waals surface area contributed by atoms with E-state index < -0.39 is 17.7 Å². The smallest absolute Gasteiger partial charge is 0.295 e. The van der Waals surface area contributed by atoms with Crippen LogP contribution in [0.5, 0.6) is 5.75 Å². The summed E-state index contributed by atoms with van der Waals surface area (Å²) < 4.78 is 10.4. The molecule has 2 heterocycles. The summed E-state index contributed by atoms with van der Waals surface area (Å²) in [5, 5.41) is 11.4. The van der Waals surface area contributed by atoms with Crippen molar-refractivity contribution in [2.75, 3.05) is 27.4 Å². The molecule has 8 heteroatoms. The van der Waals surface area contributed by atoms with E-state index >= 15 is 0 Å². The SMILES string of the molecule is COCCCN1C(=O)C(=O)/C(=C(/O)c2cc(Cl)ccc2OC)C1c1ccccn1. The highest BCUT2D eigenvalue weighted by molar-refractivity contribution is 6.46. The Bertz CT molecular complexity index is 945. The second-order valence-corrected chi connectivity index (χ2v) is 6.87. The van der Waals surface area contributed by atoms with Gasteiger partial charge in [-0.05, 0) is 36.8 Å². The lowest BCUT2D eigenvalue weighted by molar-refractivity contribution is -0.140. The molecular weight excluding hydrogens is 396 g/mol. The molecule has 1 N–H and O–H groups in total. The number of aliphatic hydroxyl groups excluding tert-OH is 1. The fourth-order valence-corrected chi connectivity index (χ4v) is 3.52. The number of ether oxygens (including phenoxy) is 2. The Morgan fingerprint density at radius 2 is 2.03 bits per heavy atom. The van der Waals surface area contributed by atoms with E-state index in [4.69, 9.17) is 21.1 Å². The maximum absolute atomic E-state index is 12.9. The van der Waals surface area contributed by atoms with Crippen LogP contribution in [0.15, 0.2) is 48.2 Å². The Hall–Kier alpha value is -2.90. The fraction of sp³-hybridized carbons (Fsp3) is 0.286. The fourth-order valence-electron chi connectivity index (χ4n) is 3.35. The number of Topliss-reactive ketones (excluding diaryl/α,β-unsaturated/α-hetero) is 1. The first-order chi connectivity index (χ1) is 14.0. The van der Waals surface area contributed by atoms with Gasteiger partial charge in [-0.15, -0.1) is 0 Å². The number of hydrogen-bond acceptors (Lipinski definition) is 6. The van der Waals surface area contributed by atoms with Crippen molar-refractivity contribution >= 4 is 29.1 Å². The van der Waals surface area contributed by atoms with Crippen LogP contribution in [0.25, 0.3) is 5.76 Å². The molecule has 1 unspecified atom stereocenters. The predicted octanol–water partition coefficient (Wildman–Crippen LogP) is 3.20. The number of nitrogens with zero attached hydrogens (tertiary/aromatic N) is 2. The van der Waals surface area contributed by atoms with Crippen LogP contribution in [0.1, 0.15) is 23.7 Å². The van der Waals surface area contributed by atoms with Crippen molar-refractivity contribution < 1.29 is 24.2 Å². The van der Waals surface area contributed by atoms with Crippen LogP contribution in [0.2, 0.25) is 5.02 Å². The molecule has 1 fully saturated rings. The molecule has 0 aliphatic carbocycles. The minimum Gasteiger partial charge on any atom is -0.507 e. The van der Waals surface area contributed by atoms with Gasteiger partial charge in [0.05, 0.1) is 23.9 Å². The summed E-state index contributed by atoms with van der Waals surface area (Å²) in [6.07, 6.45) is 2.11. The molecule has 1 amide bonds. The molecule has 1 aromatic carbocycles. The highest BCUT2D eigenvalue weighted by Gasteiger charge is 2.46. The molecule has 2 aromatic rings. The molecule has 7 nitrogen and oxygen atoms in total. The molecule has 29 heavy (non-hydrogen) atoms. The normalized spacial score (nSPS) is 18.3. The Kier molecular flexibility index (Phi) is 6.51. The summed E-state index contributed by atoms with van der Waals surface area (Å²) in [5.41, 5.74) is 0.661. The third kappa shape index (κ3) is 4.11. The molecule has 0 spiro atoms. The lowest BCUT2D eigenvalue weighted by Crippen LogP contribution is -2.31. The number of amides is 1. The predicted molar refractivity (Wildman–Crippen MR) is 108 cm³/mol. The van der Waals surface area contributed by atoms with E-state index in [1.54, 1.807) is 43.6 Å². The molecule has 3 rings (SSSR count). The van der Waals surface area contributed by atoms with Crippen molar-refractivity contribution in [3.05, 3.63) is 64.4 Å². The molecule has 0 bridgehead atoms. The summed E-state index contributed by atoms with van der Waals surface area (Å²) in [4.78, 5) is 31.4. The van der Waals surface area contributed by atoms with E-state index in [9.17, 15) is 14.7 Å². The standard InChI is InChI=1S/C21H21ClN2O5/c1-28-11-5-10-24-18(15-6-3-4-9-23-15)17(20(26)21(24)27)19(25)14-12-13(22)7-8-16(14)29-2/h3-4,6-9,12,18,25H,5,10-11H2,1-2H3/b19-17+. The van der Waals surface area contributed by atoms with Crippen molar-refractivity contribution in [3.63, 3.8) is 0 Å². The Morgan fingerprint density at radius 1 is 1.24 bits per heavy atom. The summed E-state index contributed by atoms with van der Waals surface area (Å²) in [6.45, 7) is 0.711. The molecule has 1 saturated heterocycles. The van der Waals surface area contributed by atoms with Crippen LogP contribution in [0.4, 0.5) is 0 Å². The molecule has 1 aliphatic rings. The summed E-state index contributed by atoms with van der Waals surface area (Å²) in [7, 11) is 3.01. The number of halogens is 1. The van der Waals surface area contributed by atoms with E-state index in [1.165, 1.54) is 18.1 Å². The highest BCUT2D eigenvalue weighted by Crippen LogP contribution is 2.40. The number of hydrogen-bond donors (Lipinski definition) is 1. The van der Waals surface area contributed by atoms with Crippen LogP contribution >= 0.6 is 11.6 Å². The molecule has 1 atom stereocenters. The largest absolute Gasteiger partial charge is 0.507 e. The minimum atomic E-state index is -0.822. The van der Waals surface area contributed by atoms with Crippen LogP contribution in [-0.4, -0.2) is 54.1 Å². The number of methoxy groups -OCH3 is 2. The van der Waals surface area contributed by atoms with Gasteiger partial charge in [0, 0.05) is 31.5 Å². The van der Waals surface area contributed by atoms with E-state index in [2.05, 4.69) is 4.98 Å². The lowest BCUT2D eigenvalue weighted by Gasteiger charge is -2.24. The van der Waals surface area contributed by atoms with Gasteiger partial charge in [-0.3, -0.25) is 14.6 Å². The Labute approximate surface area is 173 Å². The van der Waals surface area contributed by atoms with E-state index in [0.717, 1.165) is 0 Å². The number of benzene rings is 1. The summed E-state index contributed by atoms with van der Waals surface area (Å²) in [6, 6.07) is 9.07. The van der Waals surface area contributed by atoms with Crippen molar-refractivity contribution in [3.8, 4) is 5.75 Å². The number of likely N-dealkylation sites (tertiary alicyclic amines) is 1. The van der Waals surface area contributed by atoms with Gasteiger partial charge in [-0.2, -0.15) is 0 Å². The van der Waals surface area contributed by atoms with Crippen LogP contribution in [0, 0.1) is 0 Å². The number of carbonyl (C=O) groups is 2. The summed E-state index contributed by atoms with van der Waals surface area (Å²) >= 11 is 6.08. The molecular formula is C21H21ClN2O5. The van der Waals surface area contributed by atoms with E-state index in [0.29, 0.717) is 29.5 Å². The maximum atomic E-state index is 12.9. The van der Waals surface area contributed by atoms with E-state index in [1.807, 2.05) is 0 Å². The monoisotopic (exact) mass is 416 g/mol. The first-order valence-corrected chi connectivity index (χ1v) is 9.39. The maximum Gasteiger partial charge on any atom is 0.295 e. The van der Waals surface area contributed by atoms with Gasteiger partial charge in [0.1, 0.15) is 17.6 Å². The number of ketones is 1. The van der Waals surface area contributed by atoms with Crippen LogP contribution in [0.3, 0.4) is 0 Å². The third-order valence-corrected chi connectivity index (χ3v) is 4.91. The average molecular weight is 417 g/mol. The lowest BCUT2D eigenvalue weighted by atomic mass is 9.98. The first-order valence-electron chi connectivity index (χ1n) is 9.01. The second kappa shape index (κ2) is 9.07. The van der Waals surface area contributed by atoms with Gasteiger partial charge >= 0.3 is 0 Å². The molecule has 1 aliphatic heterocycles. The molecule has 0 saturated carbocycles. The van der Waals surface area contributed by atoms with Crippen molar-refractivity contribution in [1.82, 2.24) is 9.88 Å². The quantitative estimate of drug-likeness (QED) is 0.322. The zero-order chi connectivity index (χ0) is 21.0. The van der Waals surface area contributed by atoms with Crippen LogP contribution in [-0.2, 0) is 14.3 Å². The first kappa shape index (κ1) is 20.8. The van der Waals surface area contributed by atoms with Gasteiger partial charge in [-0.25, -0.2) is 0 Å². The zero-order valence-electron chi connectivity index (χ0n) is 16.1. The van der Waals surface area contributed by atoms with Crippen LogP contribution < -0.4 is 4.74 Å². The highest BCUT2D eigenvalue weighted by atomic mass is 35.5. The topological polar surface area (TPSA) is 89.0 Å². The third-order valence-electron chi connectivity index (χ3n) is 4.67.